The number of methoxy groups -OCH3 is 2. The zero-order valence-corrected chi connectivity index (χ0v) is 24.9. The van der Waals surface area contributed by atoms with Crippen molar-refractivity contribution in [2.75, 3.05) is 50.7 Å². The van der Waals surface area contributed by atoms with E-state index in [9.17, 15) is 4.79 Å². The third-order valence-corrected chi connectivity index (χ3v) is 7.92. The number of halogens is 2. The molecule has 4 atom stereocenters. The molecule has 2 saturated heterocycles. The van der Waals surface area contributed by atoms with Crippen LogP contribution in [0, 0.1) is 0 Å². The topological polar surface area (TPSA) is 107 Å². The van der Waals surface area contributed by atoms with Crippen LogP contribution in [0.3, 0.4) is 0 Å². The molecule has 2 aliphatic heterocycles. The van der Waals surface area contributed by atoms with Crippen molar-refractivity contribution in [3.63, 3.8) is 0 Å². The number of aromatic nitrogens is 2. The lowest BCUT2D eigenvalue weighted by Crippen LogP contribution is -2.46. The van der Waals surface area contributed by atoms with Crippen molar-refractivity contribution in [3.8, 4) is 22.8 Å². The number of amides is 1. The van der Waals surface area contributed by atoms with Crippen molar-refractivity contribution in [2.45, 2.75) is 38.1 Å². The molecule has 1 aromatic carbocycles. The molecule has 10 nitrogen and oxygen atoms in total. The lowest BCUT2D eigenvalue weighted by molar-refractivity contribution is -0.117. The van der Waals surface area contributed by atoms with Gasteiger partial charge in [-0.2, -0.15) is 0 Å². The maximum atomic E-state index is 11.9. The summed E-state index contributed by atoms with van der Waals surface area (Å²) in [6, 6.07) is 5.14. The zero-order valence-electron chi connectivity index (χ0n) is 23.4. The smallest absolute Gasteiger partial charge is 0.243 e. The van der Waals surface area contributed by atoms with Gasteiger partial charge in [0.15, 0.2) is 0 Å². The van der Waals surface area contributed by atoms with Crippen LogP contribution in [0.15, 0.2) is 37.1 Å². The van der Waals surface area contributed by atoms with Gasteiger partial charge >= 0.3 is 0 Å². The fraction of sp³-hybridized carbons (Fsp3) is 0.414. The molecular formula is C29H33Cl2N5O5. The second kappa shape index (κ2) is 12.3. The number of carbonyl (C=O) groups is 1. The van der Waals surface area contributed by atoms with E-state index in [1.807, 2.05) is 26.0 Å². The van der Waals surface area contributed by atoms with Crippen molar-refractivity contribution in [1.82, 2.24) is 15.3 Å². The summed E-state index contributed by atoms with van der Waals surface area (Å²) in [6.45, 7) is 9.75. The summed E-state index contributed by atoms with van der Waals surface area (Å²) in [5.41, 5.74) is 1.07. The third-order valence-electron chi connectivity index (χ3n) is 7.17. The summed E-state index contributed by atoms with van der Waals surface area (Å²) in [7, 11) is 3.07. The van der Waals surface area contributed by atoms with E-state index in [1.54, 1.807) is 12.3 Å². The Morgan fingerprint density at radius 3 is 2.37 bits per heavy atom. The number of morpholine rings is 1. The summed E-state index contributed by atoms with van der Waals surface area (Å²) < 4.78 is 22.6. The molecule has 12 heteroatoms. The lowest BCUT2D eigenvalue weighted by Gasteiger charge is -2.36. The van der Waals surface area contributed by atoms with E-state index in [1.165, 1.54) is 20.3 Å². The van der Waals surface area contributed by atoms with Crippen molar-refractivity contribution < 1.29 is 23.7 Å². The van der Waals surface area contributed by atoms with Gasteiger partial charge in [-0.25, -0.2) is 9.97 Å². The number of fused-ring (bicyclic) bond motifs is 1. The summed E-state index contributed by atoms with van der Waals surface area (Å²) in [5, 5.41) is 8.73. The highest BCUT2D eigenvalue weighted by Gasteiger charge is 2.30. The molecule has 0 saturated carbocycles. The van der Waals surface area contributed by atoms with Crippen LogP contribution in [-0.4, -0.2) is 80.7 Å². The Labute approximate surface area is 248 Å². The highest BCUT2D eigenvalue weighted by Crippen LogP contribution is 2.46. The zero-order chi connectivity index (χ0) is 29.3. The molecule has 5 rings (SSSR count). The number of ether oxygens (including phenoxy) is 4. The predicted octanol–water partition coefficient (Wildman–Crippen LogP) is 4.72. The van der Waals surface area contributed by atoms with Crippen molar-refractivity contribution in [3.05, 3.63) is 47.1 Å². The van der Waals surface area contributed by atoms with Crippen LogP contribution in [0.25, 0.3) is 22.0 Å². The van der Waals surface area contributed by atoms with Gasteiger partial charge in [-0.1, -0.05) is 29.8 Å². The van der Waals surface area contributed by atoms with Crippen LogP contribution >= 0.6 is 23.2 Å². The number of rotatable bonds is 8. The average molecular weight is 603 g/mol. The average Bonchev–Trinajstić information content (AvgIpc) is 3.38. The highest BCUT2D eigenvalue weighted by molar-refractivity contribution is 6.41. The molecule has 0 spiro atoms. The number of carbonyl (C=O) groups excluding carboxylic acids is 1. The van der Waals surface area contributed by atoms with Gasteiger partial charge in [-0.05, 0) is 32.1 Å². The molecule has 2 aromatic heterocycles. The van der Waals surface area contributed by atoms with Gasteiger partial charge in [0.25, 0.3) is 0 Å². The number of hydrogen-bond donors (Lipinski definition) is 2. The third kappa shape index (κ3) is 6.01. The van der Waals surface area contributed by atoms with Gasteiger partial charge in [-0.3, -0.25) is 4.79 Å². The SMILES string of the molecule is C=CC(=O)N[C@H]1COC[C@H]1Nc1cc2c(N3CC(C)OC(C)C3)nc(-c3c(Cl)c(OC)cc(OC)c3Cl)cc2cn1. The molecule has 2 unspecified atom stereocenters. The fourth-order valence-corrected chi connectivity index (χ4v) is 6.00. The first-order valence-corrected chi connectivity index (χ1v) is 14.1. The Bertz CT molecular complexity index is 1430. The fourth-order valence-electron chi connectivity index (χ4n) is 5.31. The number of anilines is 2. The number of pyridine rings is 2. The molecule has 41 heavy (non-hydrogen) atoms. The van der Waals surface area contributed by atoms with Gasteiger partial charge < -0.3 is 34.5 Å². The van der Waals surface area contributed by atoms with Gasteiger partial charge in [0.1, 0.15) is 23.1 Å². The molecule has 0 aliphatic carbocycles. The molecule has 3 aromatic rings. The quantitative estimate of drug-likeness (QED) is 0.355. The van der Waals surface area contributed by atoms with Crippen LogP contribution < -0.4 is 25.0 Å². The summed E-state index contributed by atoms with van der Waals surface area (Å²) in [4.78, 5) is 23.9. The summed E-state index contributed by atoms with van der Waals surface area (Å²) in [5.74, 6) is 1.98. The van der Waals surface area contributed by atoms with Gasteiger partial charge in [-0.15, -0.1) is 0 Å². The second-order valence-corrected chi connectivity index (χ2v) is 10.9. The van der Waals surface area contributed by atoms with E-state index in [0.717, 1.165) is 16.6 Å². The Balaban J connectivity index is 1.61. The van der Waals surface area contributed by atoms with Crippen LogP contribution in [-0.2, 0) is 14.3 Å². The molecule has 2 aliphatic rings. The van der Waals surface area contributed by atoms with Crippen molar-refractivity contribution >= 4 is 51.5 Å². The number of nitrogens with zero attached hydrogens (tertiary/aromatic N) is 3. The molecule has 4 heterocycles. The maximum absolute atomic E-state index is 11.9. The Morgan fingerprint density at radius 1 is 1.07 bits per heavy atom. The van der Waals surface area contributed by atoms with E-state index in [-0.39, 0.29) is 30.2 Å². The molecule has 2 fully saturated rings. The molecule has 2 N–H and O–H groups in total. The molecular weight excluding hydrogens is 569 g/mol. The number of nitrogens with one attached hydrogen (secondary N) is 2. The minimum Gasteiger partial charge on any atom is -0.495 e. The van der Waals surface area contributed by atoms with Crippen molar-refractivity contribution in [2.24, 2.45) is 0 Å². The molecule has 1 amide bonds. The van der Waals surface area contributed by atoms with Gasteiger partial charge in [0.05, 0.1) is 67.5 Å². The molecule has 0 radical (unpaired) electrons. The van der Waals surface area contributed by atoms with E-state index >= 15 is 0 Å². The van der Waals surface area contributed by atoms with Gasteiger partial charge in [0.2, 0.25) is 5.91 Å². The first kappa shape index (κ1) is 29.2. The maximum Gasteiger partial charge on any atom is 0.243 e. The summed E-state index contributed by atoms with van der Waals surface area (Å²) in [6.07, 6.45) is 3.05. The number of benzene rings is 1. The van der Waals surface area contributed by atoms with Gasteiger partial charge in [0, 0.05) is 41.7 Å². The summed E-state index contributed by atoms with van der Waals surface area (Å²) >= 11 is 13.6. The van der Waals surface area contributed by atoms with E-state index in [0.29, 0.717) is 64.9 Å². The normalized spacial score (nSPS) is 22.4. The predicted molar refractivity (Wildman–Crippen MR) is 161 cm³/mol. The Morgan fingerprint density at radius 2 is 1.73 bits per heavy atom. The highest BCUT2D eigenvalue weighted by atomic mass is 35.5. The minimum atomic E-state index is -0.250. The van der Waals surface area contributed by atoms with Crippen molar-refractivity contribution in [1.29, 1.82) is 0 Å². The monoisotopic (exact) mass is 601 g/mol. The minimum absolute atomic E-state index is 0.00708. The largest absolute Gasteiger partial charge is 0.495 e. The van der Waals surface area contributed by atoms with E-state index in [2.05, 4.69) is 27.1 Å². The van der Waals surface area contributed by atoms with E-state index < -0.39 is 0 Å². The van der Waals surface area contributed by atoms with Crippen LogP contribution in [0.4, 0.5) is 11.6 Å². The first-order valence-electron chi connectivity index (χ1n) is 13.3. The lowest BCUT2D eigenvalue weighted by atomic mass is 10.1. The van der Waals surface area contributed by atoms with Crippen LogP contribution in [0.5, 0.6) is 11.5 Å². The first-order chi connectivity index (χ1) is 19.7. The second-order valence-electron chi connectivity index (χ2n) is 10.2. The Hall–Kier alpha value is -3.31. The van der Waals surface area contributed by atoms with E-state index in [4.69, 9.17) is 47.1 Å². The van der Waals surface area contributed by atoms with Crippen LogP contribution in [0.2, 0.25) is 10.0 Å². The standard InChI is InChI=1S/C29H33Cl2N5O5/c1-6-25(37)34-21-14-40-13-20(21)33-24-8-18-17(10-32-24)7-19(35-29(18)36-11-15(2)41-16(3)12-36)26-27(30)22(38-4)9-23(39-5)28(26)31/h6-10,15-16,20-21H,1,11-14H2,2-5H3,(H,32,33)(H,34,37)/t15?,16?,20-,21+/m1/s1. The van der Waals surface area contributed by atoms with Crippen LogP contribution in [0.1, 0.15) is 13.8 Å². The molecule has 218 valence electrons. The molecule has 0 bridgehead atoms. The Kier molecular flexibility index (Phi) is 8.74. The number of hydrogen-bond acceptors (Lipinski definition) is 9.